The number of rotatable bonds is 2. The van der Waals surface area contributed by atoms with Crippen molar-refractivity contribution in [2.45, 2.75) is 77.2 Å². The molecule has 0 radical (unpaired) electrons. The second-order valence-corrected chi connectivity index (χ2v) is 9.53. The average molecular weight is 352 g/mol. The molecule has 25 heavy (non-hydrogen) atoms. The Morgan fingerprint density at radius 1 is 1.08 bits per heavy atom. The molecule has 3 saturated heterocycles. The van der Waals surface area contributed by atoms with Crippen molar-refractivity contribution in [2.24, 2.45) is 34.5 Å². The summed E-state index contributed by atoms with van der Waals surface area (Å²) in [6.07, 6.45) is 5.64. The molecule has 142 valence electrons. The predicted molar refractivity (Wildman–Crippen MR) is 90.5 cm³/mol. The van der Waals surface area contributed by atoms with Gasteiger partial charge in [-0.15, -0.1) is 0 Å². The zero-order valence-electron chi connectivity index (χ0n) is 15.4. The maximum atomic E-state index is 10.5. The summed E-state index contributed by atoms with van der Waals surface area (Å²) in [6.45, 7) is 5.64. The van der Waals surface area contributed by atoms with Crippen molar-refractivity contribution in [3.05, 3.63) is 0 Å². The molecule has 5 rings (SSSR count). The molecule has 2 N–H and O–H groups in total. The van der Waals surface area contributed by atoms with E-state index in [4.69, 9.17) is 14.2 Å². The van der Waals surface area contributed by atoms with Crippen LogP contribution in [0.5, 0.6) is 0 Å². The lowest BCUT2D eigenvalue weighted by atomic mass is 9.43. The molecule has 2 aliphatic carbocycles. The largest absolute Gasteiger partial charge is 0.396 e. The van der Waals surface area contributed by atoms with Crippen LogP contribution in [0.1, 0.15) is 52.4 Å². The van der Waals surface area contributed by atoms with Crippen molar-refractivity contribution in [3.8, 4) is 0 Å². The minimum Gasteiger partial charge on any atom is -0.396 e. The highest BCUT2D eigenvalue weighted by molar-refractivity contribution is 5.16. The summed E-state index contributed by atoms with van der Waals surface area (Å²) in [4.78, 5) is 0. The zero-order valence-corrected chi connectivity index (χ0v) is 15.4. The van der Waals surface area contributed by atoms with Crippen molar-refractivity contribution < 1.29 is 24.4 Å². The van der Waals surface area contributed by atoms with E-state index in [-0.39, 0.29) is 41.9 Å². The van der Waals surface area contributed by atoms with Crippen LogP contribution in [0.3, 0.4) is 0 Å². The van der Waals surface area contributed by atoms with Crippen LogP contribution < -0.4 is 0 Å². The Hall–Kier alpha value is -0.200. The summed E-state index contributed by atoms with van der Waals surface area (Å²) in [5, 5.41) is 21.1. The molecule has 5 aliphatic rings. The van der Waals surface area contributed by atoms with Gasteiger partial charge in [-0.1, -0.05) is 20.3 Å². The fourth-order valence-electron chi connectivity index (χ4n) is 7.43. The molecule has 0 amide bonds. The van der Waals surface area contributed by atoms with Crippen LogP contribution >= 0.6 is 0 Å². The van der Waals surface area contributed by atoms with Crippen LogP contribution in [0.25, 0.3) is 0 Å². The van der Waals surface area contributed by atoms with Gasteiger partial charge in [0.05, 0.1) is 25.4 Å². The van der Waals surface area contributed by atoms with Crippen molar-refractivity contribution in [3.63, 3.8) is 0 Å². The highest BCUT2D eigenvalue weighted by atomic mass is 16.7. The molecule has 0 aromatic rings. The lowest BCUT2D eigenvalue weighted by Crippen LogP contribution is -2.63. The van der Waals surface area contributed by atoms with E-state index in [2.05, 4.69) is 13.8 Å². The minimum absolute atomic E-state index is 0.000972. The maximum absolute atomic E-state index is 10.5. The average Bonchev–Trinajstić information content (AvgIpc) is 3.26. The van der Waals surface area contributed by atoms with Crippen LogP contribution in [-0.4, -0.2) is 48.2 Å². The topological polar surface area (TPSA) is 68.2 Å². The standard InChI is InChI=1S/C20H32O5/c1-11-8-16-20(10-21)13(17(22)24-16)4-3-5-14(20)19(11,2)15-9-12-6-7-23-18(12)25-15/h11-18,21-22H,3-10H2,1-2H3/t11-,12-,13+,14-,15+,16+,17?,18+,19+,20+/m1/s1. The molecule has 0 aromatic heterocycles. The Kier molecular flexibility index (Phi) is 3.83. The van der Waals surface area contributed by atoms with Crippen molar-refractivity contribution in [1.29, 1.82) is 0 Å². The Morgan fingerprint density at radius 3 is 2.68 bits per heavy atom. The molecule has 3 aliphatic heterocycles. The summed E-state index contributed by atoms with van der Waals surface area (Å²) in [6, 6.07) is 0. The molecule has 3 heterocycles. The quantitative estimate of drug-likeness (QED) is 0.798. The van der Waals surface area contributed by atoms with Crippen LogP contribution in [0.15, 0.2) is 0 Å². The fourth-order valence-corrected chi connectivity index (χ4v) is 7.43. The maximum Gasteiger partial charge on any atom is 0.160 e. The molecule has 10 atom stereocenters. The molecule has 1 unspecified atom stereocenters. The minimum atomic E-state index is -0.721. The summed E-state index contributed by atoms with van der Waals surface area (Å²) in [5.74, 6) is 1.36. The molecule has 0 spiro atoms. The van der Waals surface area contributed by atoms with Crippen LogP contribution in [0.2, 0.25) is 0 Å². The highest BCUT2D eigenvalue weighted by Crippen LogP contribution is 2.68. The number of aliphatic hydroxyl groups is 2. The lowest BCUT2D eigenvalue weighted by molar-refractivity contribution is -0.221. The van der Waals surface area contributed by atoms with E-state index in [0.29, 0.717) is 17.8 Å². The van der Waals surface area contributed by atoms with E-state index in [1.54, 1.807) is 0 Å². The smallest absolute Gasteiger partial charge is 0.160 e. The first-order chi connectivity index (χ1) is 12.0. The summed E-state index contributed by atoms with van der Waals surface area (Å²) in [7, 11) is 0. The third-order valence-corrected chi connectivity index (χ3v) is 8.91. The first-order valence-corrected chi connectivity index (χ1v) is 10.2. The monoisotopic (exact) mass is 352 g/mol. The first kappa shape index (κ1) is 16.9. The van der Waals surface area contributed by atoms with Gasteiger partial charge in [-0.25, -0.2) is 0 Å². The molecule has 2 saturated carbocycles. The SMILES string of the molecule is C[C@@H]1C[C@@H]2OC(O)[C@@H]3CCC[C@H]([C@@]1(C)[C@@H]1C[C@H]4CCO[C@H]4O1)[C@@]23CO. The van der Waals surface area contributed by atoms with E-state index < -0.39 is 6.29 Å². The van der Waals surface area contributed by atoms with Gasteiger partial charge in [0, 0.05) is 22.7 Å². The molecule has 5 fully saturated rings. The third kappa shape index (κ3) is 2.02. The summed E-state index contributed by atoms with van der Waals surface area (Å²) in [5.41, 5.74) is -0.306. The van der Waals surface area contributed by atoms with Crippen molar-refractivity contribution in [1.82, 2.24) is 0 Å². The number of hydrogen-bond acceptors (Lipinski definition) is 5. The van der Waals surface area contributed by atoms with Crippen molar-refractivity contribution >= 4 is 0 Å². The van der Waals surface area contributed by atoms with E-state index in [1.807, 2.05) is 0 Å². The van der Waals surface area contributed by atoms with E-state index in [9.17, 15) is 10.2 Å². The number of hydrogen-bond donors (Lipinski definition) is 2. The molecular weight excluding hydrogens is 320 g/mol. The molecule has 0 aromatic carbocycles. The van der Waals surface area contributed by atoms with Crippen LogP contribution in [0.4, 0.5) is 0 Å². The van der Waals surface area contributed by atoms with Gasteiger partial charge in [-0.3, -0.25) is 0 Å². The van der Waals surface area contributed by atoms with Gasteiger partial charge in [-0.05, 0) is 43.9 Å². The van der Waals surface area contributed by atoms with Gasteiger partial charge in [0.1, 0.15) is 0 Å². The Morgan fingerprint density at radius 2 is 1.92 bits per heavy atom. The van der Waals surface area contributed by atoms with E-state index in [1.165, 1.54) is 0 Å². The zero-order chi connectivity index (χ0) is 17.4. The van der Waals surface area contributed by atoms with Crippen molar-refractivity contribution in [2.75, 3.05) is 13.2 Å². The van der Waals surface area contributed by atoms with Gasteiger partial charge >= 0.3 is 0 Å². The van der Waals surface area contributed by atoms with Gasteiger partial charge < -0.3 is 24.4 Å². The Balaban J connectivity index is 1.54. The number of fused-ring (bicyclic) bond motifs is 1. The Labute approximate surface area is 150 Å². The molecular formula is C20H32O5. The van der Waals surface area contributed by atoms with Crippen LogP contribution in [-0.2, 0) is 14.2 Å². The molecule has 5 heteroatoms. The van der Waals surface area contributed by atoms with Gasteiger partial charge in [0.15, 0.2) is 12.6 Å². The number of aliphatic hydroxyl groups excluding tert-OH is 2. The second-order valence-electron chi connectivity index (χ2n) is 9.53. The highest BCUT2D eigenvalue weighted by Gasteiger charge is 2.70. The van der Waals surface area contributed by atoms with Crippen LogP contribution in [0, 0.1) is 34.5 Å². The predicted octanol–water partition coefficient (Wildman–Crippen LogP) is 2.30. The second kappa shape index (κ2) is 5.65. The van der Waals surface area contributed by atoms with Gasteiger partial charge in [0.25, 0.3) is 0 Å². The van der Waals surface area contributed by atoms with E-state index >= 15 is 0 Å². The summed E-state index contributed by atoms with van der Waals surface area (Å²) < 4.78 is 18.3. The fraction of sp³-hybridized carbons (Fsp3) is 1.00. The molecule has 0 bridgehead atoms. The third-order valence-electron chi connectivity index (χ3n) is 8.91. The first-order valence-electron chi connectivity index (χ1n) is 10.2. The van der Waals surface area contributed by atoms with Gasteiger partial charge in [-0.2, -0.15) is 0 Å². The van der Waals surface area contributed by atoms with Gasteiger partial charge in [0.2, 0.25) is 0 Å². The lowest BCUT2D eigenvalue weighted by Gasteiger charge is -2.61. The number of ether oxygens (including phenoxy) is 3. The Bertz CT molecular complexity index is 528. The summed E-state index contributed by atoms with van der Waals surface area (Å²) >= 11 is 0. The normalized spacial score (nSPS) is 60.5. The molecule has 5 nitrogen and oxygen atoms in total. The van der Waals surface area contributed by atoms with E-state index in [0.717, 1.165) is 45.1 Å².